The molecule has 1 rings (SSSR count). The van der Waals surface area contributed by atoms with Crippen LogP contribution in [0.3, 0.4) is 0 Å². The van der Waals surface area contributed by atoms with Gasteiger partial charge in [0.2, 0.25) is 0 Å². The molecule has 1 N–H and O–H groups in total. The Morgan fingerprint density at radius 1 is 1.59 bits per heavy atom. The minimum Gasteiger partial charge on any atom is -0.293 e. The second kappa shape index (κ2) is 6.84. The normalized spacial score (nSPS) is 15.5. The summed E-state index contributed by atoms with van der Waals surface area (Å²) in [5.41, 5.74) is 3.24. The SMILES string of the molecule is CCC(C)\C=C/C(=C\C(C)=N\C)c1cn[nH]c1. The van der Waals surface area contributed by atoms with Crippen LogP contribution in [-0.2, 0) is 0 Å². The Hall–Kier alpha value is -1.64. The van der Waals surface area contributed by atoms with Gasteiger partial charge in [0, 0.05) is 24.5 Å². The van der Waals surface area contributed by atoms with Crippen molar-refractivity contribution in [2.24, 2.45) is 10.9 Å². The predicted octanol–water partition coefficient (Wildman–Crippen LogP) is 3.49. The number of nitrogens with one attached hydrogen (secondary N) is 1. The number of hydrogen-bond donors (Lipinski definition) is 1. The van der Waals surface area contributed by atoms with Gasteiger partial charge in [-0.2, -0.15) is 5.10 Å². The summed E-state index contributed by atoms with van der Waals surface area (Å²) < 4.78 is 0. The van der Waals surface area contributed by atoms with E-state index in [9.17, 15) is 0 Å². The molecule has 0 radical (unpaired) electrons. The van der Waals surface area contributed by atoms with Crippen LogP contribution in [0.4, 0.5) is 0 Å². The lowest BCUT2D eigenvalue weighted by Crippen LogP contribution is -1.89. The lowest BCUT2D eigenvalue weighted by atomic mass is 10.0. The molecule has 0 aliphatic rings. The van der Waals surface area contributed by atoms with Crippen molar-refractivity contribution in [3.05, 3.63) is 36.2 Å². The molecule has 0 spiro atoms. The third kappa shape index (κ3) is 4.39. The van der Waals surface area contributed by atoms with Crippen LogP contribution in [0.2, 0.25) is 0 Å². The van der Waals surface area contributed by atoms with E-state index in [1.165, 1.54) is 0 Å². The summed E-state index contributed by atoms with van der Waals surface area (Å²) in [6.07, 6.45) is 11.3. The van der Waals surface area contributed by atoms with Gasteiger partial charge in [0.1, 0.15) is 0 Å². The van der Waals surface area contributed by atoms with E-state index >= 15 is 0 Å². The maximum atomic E-state index is 4.16. The van der Waals surface area contributed by atoms with Crippen molar-refractivity contribution in [1.29, 1.82) is 0 Å². The molecule has 0 saturated heterocycles. The highest BCUT2D eigenvalue weighted by Crippen LogP contribution is 2.16. The van der Waals surface area contributed by atoms with E-state index in [0.717, 1.165) is 23.3 Å². The summed E-state index contributed by atoms with van der Waals surface area (Å²) in [7, 11) is 1.80. The molecule has 1 aromatic rings. The Bertz CT molecular complexity index is 411. The Morgan fingerprint density at radius 3 is 2.88 bits per heavy atom. The number of hydrogen-bond acceptors (Lipinski definition) is 2. The number of aromatic amines is 1. The quantitative estimate of drug-likeness (QED) is 0.611. The number of aliphatic imine (C=N–C) groups is 1. The van der Waals surface area contributed by atoms with Gasteiger partial charge in [0.25, 0.3) is 0 Å². The Balaban J connectivity index is 2.96. The lowest BCUT2D eigenvalue weighted by molar-refractivity contribution is 0.698. The molecular weight excluding hydrogens is 210 g/mol. The third-order valence-electron chi connectivity index (χ3n) is 2.80. The zero-order chi connectivity index (χ0) is 12.7. The molecule has 1 aromatic heterocycles. The minimum absolute atomic E-state index is 0.587. The molecule has 1 unspecified atom stereocenters. The van der Waals surface area contributed by atoms with Gasteiger partial charge in [-0.15, -0.1) is 0 Å². The van der Waals surface area contributed by atoms with Crippen LogP contribution in [0.1, 0.15) is 32.8 Å². The molecule has 3 heteroatoms. The number of nitrogens with zero attached hydrogens (tertiary/aromatic N) is 2. The highest BCUT2D eigenvalue weighted by molar-refractivity contribution is 6.00. The zero-order valence-corrected chi connectivity index (χ0v) is 11.1. The summed E-state index contributed by atoms with van der Waals surface area (Å²) in [6.45, 7) is 6.40. The highest BCUT2D eigenvalue weighted by Gasteiger charge is 2.00. The zero-order valence-electron chi connectivity index (χ0n) is 11.1. The largest absolute Gasteiger partial charge is 0.293 e. The number of H-pyrrole nitrogens is 1. The Kier molecular flexibility index (Phi) is 5.40. The fourth-order valence-electron chi connectivity index (χ4n) is 1.33. The maximum absolute atomic E-state index is 4.16. The van der Waals surface area contributed by atoms with Gasteiger partial charge in [-0.1, -0.05) is 32.4 Å². The average Bonchev–Trinajstić information content (AvgIpc) is 2.87. The molecule has 0 aliphatic heterocycles. The van der Waals surface area contributed by atoms with Crippen molar-refractivity contribution >= 4 is 11.3 Å². The minimum atomic E-state index is 0.587. The number of aromatic nitrogens is 2. The van der Waals surface area contributed by atoms with Crippen LogP contribution < -0.4 is 0 Å². The van der Waals surface area contributed by atoms with E-state index < -0.39 is 0 Å². The first-order chi connectivity index (χ1) is 8.17. The molecule has 0 aliphatic carbocycles. The Labute approximate surface area is 103 Å². The second-order valence-corrected chi connectivity index (χ2v) is 4.20. The molecule has 0 fully saturated rings. The lowest BCUT2D eigenvalue weighted by Gasteiger charge is -2.02. The van der Waals surface area contributed by atoms with Gasteiger partial charge >= 0.3 is 0 Å². The molecule has 0 amide bonds. The fraction of sp³-hybridized carbons (Fsp3) is 0.429. The summed E-state index contributed by atoms with van der Waals surface area (Å²) in [5.74, 6) is 0.587. The van der Waals surface area contributed by atoms with Gasteiger partial charge in [0.05, 0.1) is 6.20 Å². The smallest absolute Gasteiger partial charge is 0.0565 e. The molecule has 3 nitrogen and oxygen atoms in total. The standard InChI is InChI=1S/C14H21N3/c1-5-11(2)6-7-13(8-12(3)15-4)14-9-16-17-10-14/h6-11H,5H2,1-4H3,(H,16,17)/b7-6-,13-8+,15-12+. The molecule has 0 aromatic carbocycles. The number of rotatable bonds is 5. The fourth-order valence-corrected chi connectivity index (χ4v) is 1.33. The van der Waals surface area contributed by atoms with Gasteiger partial charge in [-0.3, -0.25) is 10.1 Å². The maximum Gasteiger partial charge on any atom is 0.0565 e. The van der Waals surface area contributed by atoms with E-state index in [4.69, 9.17) is 0 Å². The molecule has 92 valence electrons. The summed E-state index contributed by atoms with van der Waals surface area (Å²) >= 11 is 0. The molecule has 0 saturated carbocycles. The van der Waals surface area contributed by atoms with E-state index in [1.807, 2.05) is 19.3 Å². The van der Waals surface area contributed by atoms with Crippen LogP contribution in [0.5, 0.6) is 0 Å². The molecule has 1 heterocycles. The predicted molar refractivity (Wildman–Crippen MR) is 74.2 cm³/mol. The highest BCUT2D eigenvalue weighted by atomic mass is 15.1. The molecular formula is C14H21N3. The van der Waals surface area contributed by atoms with Crippen molar-refractivity contribution < 1.29 is 0 Å². The van der Waals surface area contributed by atoms with Crippen molar-refractivity contribution in [3.8, 4) is 0 Å². The molecule has 0 bridgehead atoms. The first-order valence-electron chi connectivity index (χ1n) is 5.99. The van der Waals surface area contributed by atoms with Crippen LogP contribution in [0.25, 0.3) is 5.57 Å². The van der Waals surface area contributed by atoms with Crippen molar-refractivity contribution in [2.75, 3.05) is 7.05 Å². The van der Waals surface area contributed by atoms with Crippen LogP contribution in [0.15, 0.2) is 35.6 Å². The monoisotopic (exact) mass is 231 g/mol. The van der Waals surface area contributed by atoms with Gasteiger partial charge in [0.15, 0.2) is 0 Å². The van der Waals surface area contributed by atoms with Crippen molar-refractivity contribution in [1.82, 2.24) is 10.2 Å². The van der Waals surface area contributed by atoms with Gasteiger partial charge < -0.3 is 0 Å². The summed E-state index contributed by atoms with van der Waals surface area (Å²) in [5, 5.41) is 6.82. The van der Waals surface area contributed by atoms with Crippen molar-refractivity contribution in [2.45, 2.75) is 27.2 Å². The van der Waals surface area contributed by atoms with Crippen molar-refractivity contribution in [3.63, 3.8) is 0 Å². The average molecular weight is 231 g/mol. The van der Waals surface area contributed by atoms with Gasteiger partial charge in [-0.25, -0.2) is 0 Å². The second-order valence-electron chi connectivity index (χ2n) is 4.20. The van der Waals surface area contributed by atoms with Crippen LogP contribution >= 0.6 is 0 Å². The van der Waals surface area contributed by atoms with E-state index in [2.05, 4.69) is 47.3 Å². The first-order valence-corrected chi connectivity index (χ1v) is 5.99. The third-order valence-corrected chi connectivity index (χ3v) is 2.80. The first kappa shape index (κ1) is 13.4. The summed E-state index contributed by atoms with van der Waals surface area (Å²) in [6, 6.07) is 0. The van der Waals surface area contributed by atoms with E-state index in [1.54, 1.807) is 7.05 Å². The van der Waals surface area contributed by atoms with E-state index in [-0.39, 0.29) is 0 Å². The van der Waals surface area contributed by atoms with E-state index in [0.29, 0.717) is 5.92 Å². The van der Waals surface area contributed by atoms with Crippen LogP contribution in [-0.4, -0.2) is 23.0 Å². The van der Waals surface area contributed by atoms with Gasteiger partial charge in [-0.05, 0) is 24.5 Å². The van der Waals surface area contributed by atoms with Crippen LogP contribution in [0, 0.1) is 5.92 Å². The number of allylic oxidation sites excluding steroid dienone is 4. The topological polar surface area (TPSA) is 41.0 Å². The molecule has 1 atom stereocenters. The Morgan fingerprint density at radius 2 is 2.35 bits per heavy atom. The molecule has 17 heavy (non-hydrogen) atoms. The summed E-state index contributed by atoms with van der Waals surface area (Å²) in [4.78, 5) is 4.16.